The Kier molecular flexibility index (Phi) is 4.78. The van der Waals surface area contributed by atoms with Gasteiger partial charge in [-0.1, -0.05) is 6.92 Å². The Balaban J connectivity index is 2.58. The molecule has 15 heavy (non-hydrogen) atoms. The van der Waals surface area contributed by atoms with Gasteiger partial charge in [0.15, 0.2) is 0 Å². The van der Waals surface area contributed by atoms with E-state index in [1.165, 1.54) is 21.8 Å². The quantitative estimate of drug-likeness (QED) is 0.573. The van der Waals surface area contributed by atoms with Crippen molar-refractivity contribution in [3.63, 3.8) is 0 Å². The van der Waals surface area contributed by atoms with Crippen molar-refractivity contribution in [2.45, 2.75) is 20.3 Å². The van der Waals surface area contributed by atoms with Crippen LogP contribution in [0.2, 0.25) is 0 Å². The molecule has 0 bridgehead atoms. The topological polar surface area (TPSA) is 35.5 Å². The summed E-state index contributed by atoms with van der Waals surface area (Å²) in [5.74, 6) is -0.250. The van der Waals surface area contributed by atoms with Crippen molar-refractivity contribution in [1.29, 1.82) is 0 Å². The molecular weight excluding hydrogens is 212 g/mol. The molecule has 1 aromatic rings. The average molecular weight is 228 g/mol. The summed E-state index contributed by atoms with van der Waals surface area (Å²) in [4.78, 5) is 13.5. The first kappa shape index (κ1) is 12.2. The molecule has 0 aliphatic heterocycles. The van der Waals surface area contributed by atoms with Gasteiger partial charge < -0.3 is 9.47 Å². The van der Waals surface area contributed by atoms with Crippen molar-refractivity contribution >= 4 is 17.3 Å². The van der Waals surface area contributed by atoms with Crippen LogP contribution in [-0.4, -0.2) is 26.3 Å². The molecule has 0 N–H and O–H groups in total. The highest BCUT2D eigenvalue weighted by atomic mass is 32.1. The predicted octanol–water partition coefficient (Wildman–Crippen LogP) is 2.42. The van der Waals surface area contributed by atoms with Crippen molar-refractivity contribution in [2.24, 2.45) is 0 Å². The standard InChI is InChI=1S/C11H16O3S/c1-4-9-8(2)7-10(15-9)11(12)14-6-5-13-3/h7H,4-6H2,1-3H3. The molecule has 0 unspecified atom stereocenters. The van der Waals surface area contributed by atoms with E-state index >= 15 is 0 Å². The van der Waals surface area contributed by atoms with Crippen LogP contribution in [0, 0.1) is 6.92 Å². The number of methoxy groups -OCH3 is 1. The normalized spacial score (nSPS) is 10.3. The van der Waals surface area contributed by atoms with Crippen LogP contribution < -0.4 is 0 Å². The number of carbonyl (C=O) groups excluding carboxylic acids is 1. The zero-order chi connectivity index (χ0) is 11.3. The van der Waals surface area contributed by atoms with Gasteiger partial charge in [-0.15, -0.1) is 11.3 Å². The summed E-state index contributed by atoms with van der Waals surface area (Å²) in [7, 11) is 1.58. The zero-order valence-electron chi connectivity index (χ0n) is 9.33. The molecule has 4 heteroatoms. The third kappa shape index (κ3) is 3.32. The number of thiophene rings is 1. The number of hydrogen-bond acceptors (Lipinski definition) is 4. The molecule has 0 amide bonds. The van der Waals surface area contributed by atoms with E-state index in [9.17, 15) is 4.79 Å². The lowest BCUT2D eigenvalue weighted by molar-refractivity contribution is 0.0393. The minimum atomic E-state index is -0.250. The SMILES string of the molecule is CCc1sc(C(=O)OCCOC)cc1C. The van der Waals surface area contributed by atoms with Crippen LogP contribution in [0.5, 0.6) is 0 Å². The molecule has 3 nitrogen and oxygen atoms in total. The first-order chi connectivity index (χ1) is 7.19. The Morgan fingerprint density at radius 1 is 1.47 bits per heavy atom. The monoisotopic (exact) mass is 228 g/mol. The first-order valence-corrected chi connectivity index (χ1v) is 5.76. The van der Waals surface area contributed by atoms with Crippen LogP contribution in [0.25, 0.3) is 0 Å². The number of hydrogen-bond donors (Lipinski definition) is 0. The highest BCUT2D eigenvalue weighted by molar-refractivity contribution is 7.14. The van der Waals surface area contributed by atoms with E-state index in [1.54, 1.807) is 7.11 Å². The van der Waals surface area contributed by atoms with Crippen molar-refractivity contribution < 1.29 is 14.3 Å². The van der Waals surface area contributed by atoms with Crippen molar-refractivity contribution in [3.05, 3.63) is 21.4 Å². The fraction of sp³-hybridized carbons (Fsp3) is 0.545. The van der Waals surface area contributed by atoms with Gasteiger partial charge >= 0.3 is 5.97 Å². The molecule has 84 valence electrons. The molecule has 1 heterocycles. The van der Waals surface area contributed by atoms with Crippen molar-refractivity contribution in [2.75, 3.05) is 20.3 Å². The van der Waals surface area contributed by atoms with Gasteiger partial charge in [0, 0.05) is 12.0 Å². The molecular formula is C11H16O3S. The molecule has 0 saturated carbocycles. The summed E-state index contributed by atoms with van der Waals surface area (Å²) < 4.78 is 9.83. The molecule has 0 spiro atoms. The predicted molar refractivity (Wildman–Crippen MR) is 60.6 cm³/mol. The van der Waals surface area contributed by atoms with Gasteiger partial charge in [0.1, 0.15) is 11.5 Å². The molecule has 0 aromatic carbocycles. The second-order valence-corrected chi connectivity index (χ2v) is 4.34. The van der Waals surface area contributed by atoms with Crippen LogP contribution in [-0.2, 0) is 15.9 Å². The van der Waals surface area contributed by atoms with Gasteiger partial charge in [0.25, 0.3) is 0 Å². The summed E-state index contributed by atoms with van der Waals surface area (Å²) in [5, 5.41) is 0. The third-order valence-corrected chi connectivity index (χ3v) is 3.42. The Morgan fingerprint density at radius 2 is 2.20 bits per heavy atom. The number of esters is 1. The molecule has 1 aromatic heterocycles. The fourth-order valence-electron chi connectivity index (χ4n) is 1.26. The summed E-state index contributed by atoms with van der Waals surface area (Å²) in [6.07, 6.45) is 0.960. The lowest BCUT2D eigenvalue weighted by Gasteiger charge is -2.00. The number of ether oxygens (including phenoxy) is 2. The molecule has 0 aliphatic rings. The van der Waals surface area contributed by atoms with Crippen LogP contribution in [0.15, 0.2) is 6.07 Å². The number of aryl methyl sites for hydroxylation is 2. The lowest BCUT2D eigenvalue weighted by Crippen LogP contribution is -2.08. The maximum absolute atomic E-state index is 11.5. The van der Waals surface area contributed by atoms with Crippen LogP contribution in [0.4, 0.5) is 0 Å². The Hall–Kier alpha value is -0.870. The third-order valence-electron chi connectivity index (χ3n) is 2.06. The molecule has 0 atom stereocenters. The lowest BCUT2D eigenvalue weighted by atomic mass is 10.2. The van der Waals surface area contributed by atoms with Crippen molar-refractivity contribution in [3.8, 4) is 0 Å². The van der Waals surface area contributed by atoms with E-state index in [0.29, 0.717) is 18.1 Å². The van der Waals surface area contributed by atoms with Gasteiger partial charge in [-0.05, 0) is 25.0 Å². The average Bonchev–Trinajstić information content (AvgIpc) is 2.60. The van der Waals surface area contributed by atoms with Gasteiger partial charge in [-0.25, -0.2) is 4.79 Å². The Labute approximate surface area is 94.0 Å². The second-order valence-electron chi connectivity index (χ2n) is 3.20. The van der Waals surface area contributed by atoms with Crippen LogP contribution in [0.1, 0.15) is 27.0 Å². The minimum Gasteiger partial charge on any atom is -0.459 e. The van der Waals surface area contributed by atoms with E-state index < -0.39 is 0 Å². The van der Waals surface area contributed by atoms with E-state index in [0.717, 1.165) is 6.42 Å². The molecule has 0 aliphatic carbocycles. The molecule has 0 saturated heterocycles. The summed E-state index contributed by atoms with van der Waals surface area (Å²) in [6.45, 7) is 4.85. The minimum absolute atomic E-state index is 0.250. The summed E-state index contributed by atoms with van der Waals surface area (Å²) >= 11 is 1.51. The second kappa shape index (κ2) is 5.88. The van der Waals surface area contributed by atoms with E-state index in [2.05, 4.69) is 6.92 Å². The summed E-state index contributed by atoms with van der Waals surface area (Å²) in [6, 6.07) is 1.89. The van der Waals surface area contributed by atoms with Crippen LogP contribution in [0.3, 0.4) is 0 Å². The van der Waals surface area contributed by atoms with Gasteiger partial charge in [-0.2, -0.15) is 0 Å². The first-order valence-electron chi connectivity index (χ1n) is 4.94. The number of carbonyl (C=O) groups is 1. The molecule has 1 rings (SSSR count). The summed E-state index contributed by atoms with van der Waals surface area (Å²) in [5.41, 5.74) is 1.17. The largest absolute Gasteiger partial charge is 0.459 e. The van der Waals surface area contributed by atoms with Gasteiger partial charge in [0.2, 0.25) is 0 Å². The van der Waals surface area contributed by atoms with E-state index in [4.69, 9.17) is 9.47 Å². The van der Waals surface area contributed by atoms with E-state index in [1.807, 2.05) is 13.0 Å². The fourth-order valence-corrected chi connectivity index (χ4v) is 2.27. The smallest absolute Gasteiger partial charge is 0.348 e. The van der Waals surface area contributed by atoms with E-state index in [-0.39, 0.29) is 5.97 Å². The van der Waals surface area contributed by atoms with Crippen molar-refractivity contribution in [1.82, 2.24) is 0 Å². The van der Waals surface area contributed by atoms with Gasteiger partial charge in [-0.3, -0.25) is 0 Å². The maximum atomic E-state index is 11.5. The maximum Gasteiger partial charge on any atom is 0.348 e. The zero-order valence-corrected chi connectivity index (χ0v) is 10.1. The highest BCUT2D eigenvalue weighted by Crippen LogP contribution is 2.22. The number of rotatable bonds is 5. The molecule has 0 radical (unpaired) electrons. The van der Waals surface area contributed by atoms with Crippen LogP contribution >= 0.6 is 11.3 Å². The Bertz CT molecular complexity index is 331. The molecule has 0 fully saturated rings. The van der Waals surface area contributed by atoms with Gasteiger partial charge in [0.05, 0.1) is 6.61 Å². The Morgan fingerprint density at radius 3 is 2.73 bits per heavy atom. The highest BCUT2D eigenvalue weighted by Gasteiger charge is 2.12.